The molecule has 0 bridgehead atoms. The van der Waals surface area contributed by atoms with Crippen LogP contribution in [0, 0.1) is 0 Å². The van der Waals surface area contributed by atoms with Gasteiger partial charge in [0.1, 0.15) is 17.2 Å². The van der Waals surface area contributed by atoms with Gasteiger partial charge in [-0.3, -0.25) is 4.79 Å². The van der Waals surface area contributed by atoms with E-state index >= 15 is 0 Å². The number of nitrogens with one attached hydrogen (secondary N) is 1. The van der Waals surface area contributed by atoms with Crippen LogP contribution in [0.25, 0.3) is 5.69 Å². The zero-order valence-corrected chi connectivity index (χ0v) is 12.2. The van der Waals surface area contributed by atoms with Crippen LogP contribution in [0.2, 0.25) is 0 Å². The van der Waals surface area contributed by atoms with E-state index < -0.39 is 17.9 Å². The number of tetrazole rings is 1. The lowest BCUT2D eigenvalue weighted by atomic mass is 10.1. The van der Waals surface area contributed by atoms with Crippen molar-refractivity contribution in [2.45, 2.75) is 32.2 Å². The van der Waals surface area contributed by atoms with E-state index in [9.17, 15) is 9.59 Å². The van der Waals surface area contributed by atoms with Crippen molar-refractivity contribution >= 4 is 23.2 Å². The standard InChI is InChI=1S/C12H15N5O3S/c1-2-3-4-8(12(19)20)14-11(18)10-9(5-6-21-10)17-7-13-15-16-17/h5-8H,2-4H2,1H3,(H,14,18)(H,19,20)/t8-/m0/s1. The van der Waals surface area contributed by atoms with Crippen LogP contribution in [0.5, 0.6) is 0 Å². The molecule has 1 atom stereocenters. The van der Waals surface area contributed by atoms with Crippen molar-refractivity contribution in [1.82, 2.24) is 25.5 Å². The summed E-state index contributed by atoms with van der Waals surface area (Å²) in [4.78, 5) is 23.8. The third-order valence-corrected chi connectivity index (χ3v) is 3.80. The lowest BCUT2D eigenvalue weighted by Gasteiger charge is -2.13. The number of rotatable bonds is 7. The summed E-state index contributed by atoms with van der Waals surface area (Å²) in [5.41, 5.74) is 0.530. The summed E-state index contributed by atoms with van der Waals surface area (Å²) < 4.78 is 1.37. The molecule has 9 heteroatoms. The number of aromatic nitrogens is 4. The van der Waals surface area contributed by atoms with Crippen molar-refractivity contribution in [2.24, 2.45) is 0 Å². The first-order valence-corrected chi connectivity index (χ1v) is 7.36. The molecule has 0 aromatic carbocycles. The molecule has 0 aliphatic heterocycles. The first kappa shape index (κ1) is 15.1. The lowest BCUT2D eigenvalue weighted by Crippen LogP contribution is -2.40. The number of amides is 1. The van der Waals surface area contributed by atoms with E-state index in [-0.39, 0.29) is 0 Å². The Balaban J connectivity index is 2.13. The predicted octanol–water partition coefficient (Wildman–Crippen LogP) is 1.10. The smallest absolute Gasteiger partial charge is 0.326 e. The van der Waals surface area contributed by atoms with Gasteiger partial charge in [-0.05, 0) is 28.3 Å². The Morgan fingerprint density at radius 1 is 1.52 bits per heavy atom. The summed E-state index contributed by atoms with van der Waals surface area (Å²) in [5.74, 6) is -1.46. The van der Waals surface area contributed by atoms with Crippen molar-refractivity contribution in [2.75, 3.05) is 0 Å². The van der Waals surface area contributed by atoms with Gasteiger partial charge in [-0.2, -0.15) is 4.68 Å². The number of aliphatic carboxylic acids is 1. The van der Waals surface area contributed by atoms with Crippen LogP contribution in [-0.4, -0.2) is 43.2 Å². The Labute approximate surface area is 124 Å². The normalized spacial score (nSPS) is 12.0. The molecule has 0 fully saturated rings. The predicted molar refractivity (Wildman–Crippen MR) is 75.4 cm³/mol. The number of carboxylic acids is 1. The number of carbonyl (C=O) groups is 2. The van der Waals surface area contributed by atoms with E-state index in [0.29, 0.717) is 17.0 Å². The van der Waals surface area contributed by atoms with Gasteiger partial charge in [0.2, 0.25) is 0 Å². The van der Waals surface area contributed by atoms with Gasteiger partial charge in [0.05, 0.1) is 5.69 Å². The Hall–Kier alpha value is -2.29. The molecule has 2 heterocycles. The number of unbranched alkanes of at least 4 members (excludes halogenated alkanes) is 1. The number of carbonyl (C=O) groups excluding carboxylic acids is 1. The fourth-order valence-electron chi connectivity index (χ4n) is 1.81. The zero-order valence-electron chi connectivity index (χ0n) is 11.4. The van der Waals surface area contributed by atoms with E-state index in [4.69, 9.17) is 5.11 Å². The third-order valence-electron chi connectivity index (χ3n) is 2.90. The summed E-state index contributed by atoms with van der Waals surface area (Å²) in [5, 5.41) is 24.2. The molecule has 2 rings (SSSR count). The van der Waals surface area contributed by atoms with Gasteiger partial charge >= 0.3 is 5.97 Å². The molecule has 0 saturated heterocycles. The van der Waals surface area contributed by atoms with Crippen LogP contribution in [0.1, 0.15) is 35.9 Å². The summed E-state index contributed by atoms with van der Waals surface area (Å²) in [6.45, 7) is 1.97. The Morgan fingerprint density at radius 2 is 2.33 bits per heavy atom. The van der Waals surface area contributed by atoms with Gasteiger partial charge in [0.25, 0.3) is 5.91 Å². The fourth-order valence-corrected chi connectivity index (χ4v) is 2.60. The van der Waals surface area contributed by atoms with E-state index in [1.54, 1.807) is 11.4 Å². The molecule has 21 heavy (non-hydrogen) atoms. The number of carboxylic acid groups (broad SMARTS) is 1. The van der Waals surface area contributed by atoms with Gasteiger partial charge in [0, 0.05) is 0 Å². The van der Waals surface area contributed by atoms with Crippen LogP contribution >= 0.6 is 11.3 Å². The van der Waals surface area contributed by atoms with Crippen LogP contribution < -0.4 is 5.32 Å². The first-order chi connectivity index (χ1) is 10.1. The van der Waals surface area contributed by atoms with Crippen LogP contribution in [0.3, 0.4) is 0 Å². The molecule has 0 spiro atoms. The topological polar surface area (TPSA) is 110 Å². The van der Waals surface area contributed by atoms with Crippen LogP contribution in [-0.2, 0) is 4.79 Å². The number of hydrogen-bond donors (Lipinski definition) is 2. The highest BCUT2D eigenvalue weighted by Crippen LogP contribution is 2.20. The van der Waals surface area contributed by atoms with E-state index in [2.05, 4.69) is 20.8 Å². The van der Waals surface area contributed by atoms with Crippen molar-refractivity contribution in [3.63, 3.8) is 0 Å². The maximum Gasteiger partial charge on any atom is 0.326 e. The molecule has 0 saturated carbocycles. The minimum atomic E-state index is -1.03. The highest BCUT2D eigenvalue weighted by atomic mass is 32.1. The molecular weight excluding hydrogens is 294 g/mol. The minimum Gasteiger partial charge on any atom is -0.480 e. The van der Waals surface area contributed by atoms with E-state index in [1.807, 2.05) is 6.92 Å². The maximum absolute atomic E-state index is 12.3. The van der Waals surface area contributed by atoms with Crippen molar-refractivity contribution in [3.8, 4) is 5.69 Å². The molecule has 1 amide bonds. The monoisotopic (exact) mass is 309 g/mol. The molecule has 0 aliphatic carbocycles. The molecule has 2 N–H and O–H groups in total. The number of nitrogens with zero attached hydrogens (tertiary/aromatic N) is 4. The Kier molecular flexibility index (Phi) is 4.99. The second-order valence-corrected chi connectivity index (χ2v) is 5.31. The van der Waals surface area contributed by atoms with Crippen molar-refractivity contribution in [3.05, 3.63) is 22.7 Å². The first-order valence-electron chi connectivity index (χ1n) is 6.48. The van der Waals surface area contributed by atoms with Gasteiger partial charge in [-0.25, -0.2) is 4.79 Å². The van der Waals surface area contributed by atoms with E-state index in [1.165, 1.54) is 22.3 Å². The maximum atomic E-state index is 12.3. The average Bonchev–Trinajstić information content (AvgIpc) is 3.11. The molecule has 0 unspecified atom stereocenters. The van der Waals surface area contributed by atoms with Crippen molar-refractivity contribution < 1.29 is 14.7 Å². The number of thiophene rings is 1. The highest BCUT2D eigenvalue weighted by molar-refractivity contribution is 7.12. The average molecular weight is 309 g/mol. The van der Waals surface area contributed by atoms with Crippen LogP contribution in [0.4, 0.5) is 0 Å². The van der Waals surface area contributed by atoms with Crippen LogP contribution in [0.15, 0.2) is 17.8 Å². The van der Waals surface area contributed by atoms with Gasteiger partial charge in [-0.1, -0.05) is 19.8 Å². The zero-order chi connectivity index (χ0) is 15.2. The fraction of sp³-hybridized carbons (Fsp3) is 0.417. The largest absolute Gasteiger partial charge is 0.480 e. The second-order valence-electron chi connectivity index (χ2n) is 4.40. The third kappa shape index (κ3) is 3.63. The summed E-state index contributed by atoms with van der Waals surface area (Å²) in [6, 6.07) is 0.818. The van der Waals surface area contributed by atoms with Gasteiger partial charge in [0.15, 0.2) is 0 Å². The molecule has 0 radical (unpaired) electrons. The highest BCUT2D eigenvalue weighted by Gasteiger charge is 2.23. The van der Waals surface area contributed by atoms with Gasteiger partial charge in [-0.15, -0.1) is 16.4 Å². The molecule has 2 aromatic rings. The van der Waals surface area contributed by atoms with Crippen molar-refractivity contribution in [1.29, 1.82) is 0 Å². The Morgan fingerprint density at radius 3 is 2.95 bits per heavy atom. The summed E-state index contributed by atoms with van der Waals surface area (Å²) >= 11 is 1.21. The Bertz CT molecular complexity index is 610. The summed E-state index contributed by atoms with van der Waals surface area (Å²) in [7, 11) is 0. The molecule has 2 aromatic heterocycles. The summed E-state index contributed by atoms with van der Waals surface area (Å²) in [6.07, 6.45) is 3.39. The van der Waals surface area contributed by atoms with E-state index in [0.717, 1.165) is 12.8 Å². The lowest BCUT2D eigenvalue weighted by molar-refractivity contribution is -0.139. The molecular formula is C12H15N5O3S. The number of hydrogen-bond acceptors (Lipinski definition) is 6. The SMILES string of the molecule is CCCC[C@H](NC(=O)c1sccc1-n1cnnn1)C(=O)O. The molecule has 112 valence electrons. The molecule has 0 aliphatic rings. The second kappa shape index (κ2) is 6.93. The molecule has 8 nitrogen and oxygen atoms in total. The van der Waals surface area contributed by atoms with Gasteiger partial charge < -0.3 is 10.4 Å². The minimum absolute atomic E-state index is 0.380. The quantitative estimate of drug-likeness (QED) is 0.792.